The lowest BCUT2D eigenvalue weighted by Crippen LogP contribution is -2.28. The molecule has 1 N–H and O–H groups in total. The maximum Gasteiger partial charge on any atom is 0.200 e. The van der Waals surface area contributed by atoms with Crippen LogP contribution in [0.4, 0.5) is 22.0 Å². The van der Waals surface area contributed by atoms with Gasteiger partial charge in [-0.05, 0) is 19.9 Å². The molecule has 6 heteroatoms. The van der Waals surface area contributed by atoms with Crippen LogP contribution in [0.5, 0.6) is 0 Å². The molecule has 0 unspecified atom stereocenters. The summed E-state index contributed by atoms with van der Waals surface area (Å²) in [4.78, 5) is 0. The Morgan fingerprint density at radius 3 is 1.50 bits per heavy atom. The monoisotopic (exact) mass is 237 g/mol. The molecule has 88 valence electrons. The van der Waals surface area contributed by atoms with Gasteiger partial charge in [-0.3, -0.25) is 0 Å². The van der Waals surface area contributed by atoms with Gasteiger partial charge in [0.05, 0.1) is 0 Å². The number of rotatable bonds is 2. The second-order valence-corrected chi connectivity index (χ2v) is 3.78. The molecule has 1 aliphatic carbocycles. The van der Waals surface area contributed by atoms with Crippen LogP contribution in [-0.4, -0.2) is 7.05 Å². The van der Waals surface area contributed by atoms with Crippen molar-refractivity contribution in [2.24, 2.45) is 0 Å². The zero-order valence-electron chi connectivity index (χ0n) is 8.30. The number of hydrogen-bond acceptors (Lipinski definition) is 1. The molecule has 1 aliphatic rings. The zero-order valence-corrected chi connectivity index (χ0v) is 8.30. The average Bonchev–Trinajstić information content (AvgIpc) is 3.05. The lowest BCUT2D eigenvalue weighted by Gasteiger charge is -2.17. The van der Waals surface area contributed by atoms with Crippen molar-refractivity contribution in [1.29, 1.82) is 0 Å². The maximum atomic E-state index is 13.4. The van der Waals surface area contributed by atoms with Crippen LogP contribution in [0.25, 0.3) is 0 Å². The van der Waals surface area contributed by atoms with Crippen molar-refractivity contribution in [3.8, 4) is 0 Å². The molecule has 0 aromatic heterocycles. The second-order valence-electron chi connectivity index (χ2n) is 3.78. The van der Waals surface area contributed by atoms with Crippen molar-refractivity contribution < 1.29 is 22.0 Å². The number of hydrogen-bond donors (Lipinski definition) is 1. The van der Waals surface area contributed by atoms with Crippen molar-refractivity contribution in [3.63, 3.8) is 0 Å². The summed E-state index contributed by atoms with van der Waals surface area (Å²) in [7, 11) is 1.42. The third kappa shape index (κ3) is 1.32. The molecule has 16 heavy (non-hydrogen) atoms. The van der Waals surface area contributed by atoms with Crippen LogP contribution in [0.15, 0.2) is 0 Å². The van der Waals surface area contributed by atoms with Crippen molar-refractivity contribution >= 4 is 0 Å². The molecule has 1 fully saturated rings. The molecule has 0 aliphatic heterocycles. The van der Waals surface area contributed by atoms with Gasteiger partial charge in [0.1, 0.15) is 0 Å². The fraction of sp³-hybridized carbons (Fsp3) is 0.400. The van der Waals surface area contributed by atoms with Crippen LogP contribution in [0.1, 0.15) is 18.4 Å². The summed E-state index contributed by atoms with van der Waals surface area (Å²) in [6.45, 7) is 0. The first-order chi connectivity index (χ1) is 7.44. The first-order valence-electron chi connectivity index (χ1n) is 4.65. The highest BCUT2D eigenvalue weighted by molar-refractivity contribution is 5.35. The number of halogens is 5. The van der Waals surface area contributed by atoms with Gasteiger partial charge in [-0.15, -0.1) is 0 Å². The third-order valence-electron chi connectivity index (χ3n) is 2.92. The average molecular weight is 237 g/mol. The van der Waals surface area contributed by atoms with Crippen molar-refractivity contribution in [2.75, 3.05) is 7.05 Å². The standard InChI is InChI=1S/C10H8F5N/c1-16-10(2-3-10)4-5(11)7(13)9(15)8(14)6(4)12/h16H,2-3H2,1H3. The van der Waals surface area contributed by atoms with Gasteiger partial charge in [-0.2, -0.15) is 0 Å². The molecule has 1 aromatic rings. The number of nitrogens with one attached hydrogen (secondary N) is 1. The summed E-state index contributed by atoms with van der Waals surface area (Å²) in [5, 5.41) is 2.59. The van der Waals surface area contributed by atoms with Crippen LogP contribution in [0, 0.1) is 29.1 Å². The van der Waals surface area contributed by atoms with Gasteiger partial charge >= 0.3 is 0 Å². The second kappa shape index (κ2) is 3.41. The summed E-state index contributed by atoms with van der Waals surface area (Å²) in [6.07, 6.45) is 0.698. The Balaban J connectivity index is 2.71. The lowest BCUT2D eigenvalue weighted by atomic mass is 10.0. The predicted octanol–water partition coefficient (Wildman–Crippen LogP) is 2.59. The highest BCUT2D eigenvalue weighted by Gasteiger charge is 2.49. The van der Waals surface area contributed by atoms with Gasteiger partial charge in [0, 0.05) is 11.1 Å². The summed E-state index contributed by atoms with van der Waals surface area (Å²) in [5.41, 5.74) is -1.87. The van der Waals surface area contributed by atoms with Crippen LogP contribution < -0.4 is 5.32 Å². The van der Waals surface area contributed by atoms with E-state index in [1.165, 1.54) is 7.05 Å². The van der Waals surface area contributed by atoms with Gasteiger partial charge in [0.15, 0.2) is 23.3 Å². The minimum atomic E-state index is -2.12. The summed E-state index contributed by atoms with van der Waals surface area (Å²) < 4.78 is 65.3. The molecule has 1 nitrogen and oxygen atoms in total. The van der Waals surface area contributed by atoms with Gasteiger partial charge in [-0.25, -0.2) is 22.0 Å². The van der Waals surface area contributed by atoms with Crippen molar-refractivity contribution in [1.82, 2.24) is 5.32 Å². The minimum Gasteiger partial charge on any atom is -0.310 e. The Hall–Kier alpha value is -1.17. The van der Waals surface area contributed by atoms with E-state index in [2.05, 4.69) is 5.32 Å². The van der Waals surface area contributed by atoms with Gasteiger partial charge in [-0.1, -0.05) is 0 Å². The molecular formula is C10H8F5N. The molecular weight excluding hydrogens is 229 g/mol. The minimum absolute atomic E-state index is 0.349. The van der Waals surface area contributed by atoms with E-state index >= 15 is 0 Å². The molecule has 1 saturated carbocycles. The quantitative estimate of drug-likeness (QED) is 0.473. The molecule has 0 bridgehead atoms. The summed E-state index contributed by atoms with van der Waals surface area (Å²) in [5.74, 6) is -9.40. The first-order valence-corrected chi connectivity index (χ1v) is 4.65. The zero-order chi connectivity index (χ0) is 12.1. The normalized spacial score (nSPS) is 17.6. The van der Waals surface area contributed by atoms with E-state index in [1.807, 2.05) is 0 Å². The fourth-order valence-electron chi connectivity index (χ4n) is 1.78. The Kier molecular flexibility index (Phi) is 2.41. The van der Waals surface area contributed by atoms with Crippen molar-refractivity contribution in [2.45, 2.75) is 18.4 Å². The lowest BCUT2D eigenvalue weighted by molar-refractivity contribution is 0.355. The summed E-state index contributed by atoms with van der Waals surface area (Å²) >= 11 is 0. The summed E-state index contributed by atoms with van der Waals surface area (Å²) in [6, 6.07) is 0. The van der Waals surface area contributed by atoms with Gasteiger partial charge in [0.2, 0.25) is 5.82 Å². The van der Waals surface area contributed by atoms with Gasteiger partial charge in [0.25, 0.3) is 0 Å². The van der Waals surface area contributed by atoms with E-state index in [0.29, 0.717) is 12.8 Å². The van der Waals surface area contributed by atoms with Crippen LogP contribution >= 0.6 is 0 Å². The molecule has 0 amide bonds. The molecule has 0 heterocycles. The van der Waals surface area contributed by atoms with E-state index in [4.69, 9.17) is 0 Å². The topological polar surface area (TPSA) is 12.0 Å². The van der Waals surface area contributed by atoms with Crippen LogP contribution in [0.2, 0.25) is 0 Å². The Morgan fingerprint density at radius 2 is 1.19 bits per heavy atom. The highest BCUT2D eigenvalue weighted by Crippen LogP contribution is 2.48. The Morgan fingerprint density at radius 1 is 0.812 bits per heavy atom. The SMILES string of the molecule is CNC1(c2c(F)c(F)c(F)c(F)c2F)CC1. The molecule has 0 atom stereocenters. The highest BCUT2D eigenvalue weighted by atomic mass is 19.2. The molecule has 0 saturated heterocycles. The molecule has 0 radical (unpaired) electrons. The first kappa shape index (κ1) is 11.3. The van der Waals surface area contributed by atoms with Crippen LogP contribution in [-0.2, 0) is 5.54 Å². The fourth-order valence-corrected chi connectivity index (χ4v) is 1.78. The smallest absolute Gasteiger partial charge is 0.200 e. The predicted molar refractivity (Wildman–Crippen MR) is 46.2 cm³/mol. The molecule has 1 aromatic carbocycles. The Labute approximate surface area is 88.3 Å². The largest absolute Gasteiger partial charge is 0.310 e. The Bertz CT molecular complexity index is 424. The van der Waals surface area contributed by atoms with Gasteiger partial charge < -0.3 is 5.32 Å². The van der Waals surface area contributed by atoms with E-state index < -0.39 is 40.2 Å². The van der Waals surface area contributed by atoms with E-state index in [-0.39, 0.29) is 0 Å². The molecule has 0 spiro atoms. The maximum absolute atomic E-state index is 13.4. The van der Waals surface area contributed by atoms with E-state index in [1.54, 1.807) is 0 Å². The van der Waals surface area contributed by atoms with E-state index in [9.17, 15) is 22.0 Å². The van der Waals surface area contributed by atoms with E-state index in [0.717, 1.165) is 0 Å². The van der Waals surface area contributed by atoms with Crippen LogP contribution in [0.3, 0.4) is 0 Å². The molecule has 2 rings (SSSR count). The third-order valence-corrected chi connectivity index (χ3v) is 2.92. The number of benzene rings is 1. The van der Waals surface area contributed by atoms with Crippen molar-refractivity contribution in [3.05, 3.63) is 34.6 Å².